The summed E-state index contributed by atoms with van der Waals surface area (Å²) in [4.78, 5) is 6.82. The molecule has 0 amide bonds. The number of sulfonamides is 1. The van der Waals surface area contributed by atoms with Crippen LogP contribution in [0.5, 0.6) is 0 Å². The van der Waals surface area contributed by atoms with Crippen molar-refractivity contribution in [3.63, 3.8) is 0 Å². The molecule has 0 bridgehead atoms. The summed E-state index contributed by atoms with van der Waals surface area (Å²) in [6.07, 6.45) is 7.80. The Hall–Kier alpha value is -2.40. The van der Waals surface area contributed by atoms with E-state index < -0.39 is 10.0 Å². The highest BCUT2D eigenvalue weighted by Crippen LogP contribution is 2.38. The molecule has 1 aliphatic heterocycles. The average Bonchev–Trinajstić information content (AvgIpc) is 3.64. The van der Waals surface area contributed by atoms with Gasteiger partial charge >= 0.3 is 0 Å². The Kier molecular flexibility index (Phi) is 6.65. The van der Waals surface area contributed by atoms with Gasteiger partial charge in [-0.3, -0.25) is 14.5 Å². The Morgan fingerprint density at radius 2 is 1.79 bits per heavy atom. The zero-order valence-corrected chi connectivity index (χ0v) is 21.0. The maximum atomic E-state index is 13.1. The van der Waals surface area contributed by atoms with Crippen LogP contribution in [0.4, 0.5) is 0 Å². The molecule has 0 spiro atoms. The van der Waals surface area contributed by atoms with Crippen molar-refractivity contribution in [2.75, 3.05) is 26.2 Å². The predicted octanol–water partition coefficient (Wildman–Crippen LogP) is 3.73. The molecule has 10 heteroatoms. The van der Waals surface area contributed by atoms with Gasteiger partial charge in [0.05, 0.1) is 11.6 Å². The standard InChI is InChI=1S/C24H30N6O2S2/c1-2-4-19-6-10-22(11-7-19)34(31,32)28-15-13-27(14-16-28)18-29-24(33)30(21-8-9-21)23(26-29)20-5-3-12-25-17-20/h3,5-7,10-12,17,21H,2,4,8-9,13-16,18H2,1H3. The molecular formula is C24H30N6O2S2. The summed E-state index contributed by atoms with van der Waals surface area (Å²) in [5, 5.41) is 4.84. The van der Waals surface area contributed by atoms with E-state index in [1.54, 1.807) is 22.6 Å². The van der Waals surface area contributed by atoms with Crippen molar-refractivity contribution in [3.8, 4) is 11.4 Å². The minimum absolute atomic E-state index is 0.368. The fourth-order valence-electron chi connectivity index (χ4n) is 4.43. The quantitative estimate of drug-likeness (QED) is 0.441. The minimum Gasteiger partial charge on any atom is -0.297 e. The smallest absolute Gasteiger partial charge is 0.243 e. The van der Waals surface area contributed by atoms with Crippen LogP contribution in [0.15, 0.2) is 53.7 Å². The van der Waals surface area contributed by atoms with Crippen LogP contribution in [0.2, 0.25) is 0 Å². The lowest BCUT2D eigenvalue weighted by Gasteiger charge is -2.33. The second-order valence-electron chi connectivity index (χ2n) is 9.01. The number of pyridine rings is 1. The maximum absolute atomic E-state index is 13.1. The molecule has 1 saturated carbocycles. The van der Waals surface area contributed by atoms with Crippen LogP contribution in [-0.4, -0.2) is 63.1 Å². The van der Waals surface area contributed by atoms with Crippen LogP contribution >= 0.6 is 12.2 Å². The van der Waals surface area contributed by atoms with Crippen LogP contribution < -0.4 is 0 Å². The van der Waals surface area contributed by atoms with Gasteiger partial charge in [0.1, 0.15) is 0 Å². The molecule has 1 aromatic carbocycles. The first-order valence-electron chi connectivity index (χ1n) is 11.9. The molecule has 3 aromatic rings. The van der Waals surface area contributed by atoms with Crippen LogP contribution in [0, 0.1) is 4.77 Å². The van der Waals surface area contributed by atoms with E-state index in [1.165, 1.54) is 5.56 Å². The van der Waals surface area contributed by atoms with E-state index in [0.717, 1.165) is 37.1 Å². The Balaban J connectivity index is 1.27. The van der Waals surface area contributed by atoms with E-state index in [4.69, 9.17) is 17.3 Å². The van der Waals surface area contributed by atoms with Gasteiger partial charge in [0.2, 0.25) is 10.0 Å². The second kappa shape index (κ2) is 9.69. The van der Waals surface area contributed by atoms with Crippen molar-refractivity contribution in [1.82, 2.24) is 28.5 Å². The maximum Gasteiger partial charge on any atom is 0.243 e. The van der Waals surface area contributed by atoms with Gasteiger partial charge in [-0.2, -0.15) is 9.40 Å². The van der Waals surface area contributed by atoms with E-state index in [-0.39, 0.29) is 0 Å². The van der Waals surface area contributed by atoms with Crippen molar-refractivity contribution in [2.45, 2.75) is 50.2 Å². The topological polar surface area (TPSA) is 76.3 Å². The lowest BCUT2D eigenvalue weighted by atomic mass is 10.1. The zero-order chi connectivity index (χ0) is 23.7. The first kappa shape index (κ1) is 23.3. The van der Waals surface area contributed by atoms with Crippen molar-refractivity contribution < 1.29 is 8.42 Å². The molecule has 1 saturated heterocycles. The number of aromatic nitrogens is 4. The van der Waals surface area contributed by atoms with Crippen molar-refractivity contribution in [3.05, 3.63) is 59.1 Å². The molecule has 34 heavy (non-hydrogen) atoms. The third-order valence-corrected chi connectivity index (χ3v) is 8.79. The minimum atomic E-state index is -3.49. The number of hydrogen-bond acceptors (Lipinski definition) is 6. The Morgan fingerprint density at radius 3 is 2.41 bits per heavy atom. The number of aryl methyl sites for hydroxylation is 1. The molecule has 2 fully saturated rings. The van der Waals surface area contributed by atoms with E-state index >= 15 is 0 Å². The molecule has 5 rings (SSSR count). The van der Waals surface area contributed by atoms with Gasteiger partial charge in [0, 0.05) is 50.2 Å². The molecule has 8 nitrogen and oxygen atoms in total. The van der Waals surface area contributed by atoms with Crippen molar-refractivity contribution >= 4 is 22.2 Å². The highest BCUT2D eigenvalue weighted by Gasteiger charge is 2.31. The first-order chi connectivity index (χ1) is 16.5. The number of rotatable bonds is 8. The van der Waals surface area contributed by atoms with Gasteiger partial charge in [0.15, 0.2) is 10.6 Å². The summed E-state index contributed by atoms with van der Waals surface area (Å²) in [5.41, 5.74) is 2.12. The fourth-order valence-corrected chi connectivity index (χ4v) is 6.19. The summed E-state index contributed by atoms with van der Waals surface area (Å²) >= 11 is 5.78. The van der Waals surface area contributed by atoms with Crippen LogP contribution in [0.1, 0.15) is 37.8 Å². The molecule has 180 valence electrons. The molecule has 0 atom stereocenters. The van der Waals surface area contributed by atoms with E-state index in [1.807, 2.05) is 35.1 Å². The number of nitrogens with zero attached hydrogens (tertiary/aromatic N) is 6. The van der Waals surface area contributed by atoms with E-state index in [0.29, 0.717) is 48.6 Å². The molecule has 1 aliphatic carbocycles. The van der Waals surface area contributed by atoms with Gasteiger partial charge in [-0.05, 0) is 61.3 Å². The molecule has 0 unspecified atom stereocenters. The summed E-state index contributed by atoms with van der Waals surface area (Å²) in [7, 11) is -3.49. The van der Waals surface area contributed by atoms with Gasteiger partial charge < -0.3 is 0 Å². The lowest BCUT2D eigenvalue weighted by Crippen LogP contribution is -2.48. The van der Waals surface area contributed by atoms with Crippen LogP contribution in [0.25, 0.3) is 11.4 Å². The summed E-state index contributed by atoms with van der Waals surface area (Å²) in [5.74, 6) is 0.855. The molecule has 0 radical (unpaired) electrons. The molecule has 0 N–H and O–H groups in total. The van der Waals surface area contributed by atoms with Crippen molar-refractivity contribution in [1.29, 1.82) is 0 Å². The highest BCUT2D eigenvalue weighted by atomic mass is 32.2. The number of hydrogen-bond donors (Lipinski definition) is 0. The monoisotopic (exact) mass is 498 g/mol. The first-order valence-corrected chi connectivity index (χ1v) is 13.7. The number of benzene rings is 1. The second-order valence-corrected chi connectivity index (χ2v) is 11.3. The van der Waals surface area contributed by atoms with Crippen LogP contribution in [0.3, 0.4) is 0 Å². The van der Waals surface area contributed by atoms with E-state index in [9.17, 15) is 8.42 Å². The summed E-state index contributed by atoms with van der Waals surface area (Å²) in [6.45, 7) is 4.83. The van der Waals surface area contributed by atoms with Gasteiger partial charge in [-0.15, -0.1) is 0 Å². The van der Waals surface area contributed by atoms with Gasteiger partial charge in [-0.25, -0.2) is 13.1 Å². The average molecular weight is 499 g/mol. The molecule has 3 heterocycles. The van der Waals surface area contributed by atoms with Crippen molar-refractivity contribution in [2.24, 2.45) is 0 Å². The SMILES string of the molecule is CCCc1ccc(S(=O)(=O)N2CCN(Cn3nc(-c4cccnc4)n(C4CC4)c3=S)CC2)cc1. The third-order valence-electron chi connectivity index (χ3n) is 6.47. The zero-order valence-electron chi connectivity index (χ0n) is 19.4. The lowest BCUT2D eigenvalue weighted by molar-refractivity contribution is 0.144. The Labute approximate surface area is 205 Å². The summed E-state index contributed by atoms with van der Waals surface area (Å²) < 4.78 is 32.6. The molecule has 2 aromatic heterocycles. The van der Waals surface area contributed by atoms with E-state index in [2.05, 4.69) is 21.4 Å². The van der Waals surface area contributed by atoms with Gasteiger partial charge in [-0.1, -0.05) is 25.5 Å². The normalized spacial score (nSPS) is 17.8. The number of piperazine rings is 1. The summed E-state index contributed by atoms with van der Waals surface area (Å²) in [6, 6.07) is 11.6. The highest BCUT2D eigenvalue weighted by molar-refractivity contribution is 7.89. The largest absolute Gasteiger partial charge is 0.297 e. The molecule has 2 aliphatic rings. The Morgan fingerprint density at radius 1 is 1.06 bits per heavy atom. The van der Waals surface area contributed by atoms with Crippen LogP contribution in [-0.2, 0) is 23.1 Å². The predicted molar refractivity (Wildman–Crippen MR) is 133 cm³/mol. The van der Waals surface area contributed by atoms with Gasteiger partial charge in [0.25, 0.3) is 0 Å². The fraction of sp³-hybridized carbons (Fsp3) is 0.458. The third kappa shape index (κ3) is 4.72. The Bertz CT molecular complexity index is 1290. The molecular weight excluding hydrogens is 468 g/mol.